The molecule has 0 saturated heterocycles. The molecule has 2 N–H and O–H groups in total. The monoisotopic (exact) mass is 441 g/mol. The van der Waals surface area contributed by atoms with Gasteiger partial charge in [0.25, 0.3) is 5.91 Å². The van der Waals surface area contributed by atoms with Gasteiger partial charge in [0.1, 0.15) is 5.01 Å². The van der Waals surface area contributed by atoms with E-state index in [-0.39, 0.29) is 16.4 Å². The molecular formula is C22H23N3O3S2. The second-order valence-electron chi connectivity index (χ2n) is 6.70. The van der Waals surface area contributed by atoms with E-state index in [0.29, 0.717) is 6.54 Å². The number of carbonyl (C=O) groups excluding carboxylic acids is 1. The van der Waals surface area contributed by atoms with Crippen molar-refractivity contribution in [1.29, 1.82) is 0 Å². The van der Waals surface area contributed by atoms with Gasteiger partial charge in [0.15, 0.2) is 0 Å². The molecule has 8 heteroatoms. The highest BCUT2D eigenvalue weighted by atomic mass is 32.2. The number of aryl methyl sites for hydroxylation is 1. The van der Waals surface area contributed by atoms with Crippen LogP contribution in [0.25, 0.3) is 10.6 Å². The van der Waals surface area contributed by atoms with Crippen LogP contribution in [0.15, 0.2) is 72.1 Å². The number of carbonyl (C=O) groups is 1. The Balaban J connectivity index is 1.81. The molecular weight excluding hydrogens is 418 g/mol. The highest BCUT2D eigenvalue weighted by molar-refractivity contribution is 7.89. The Morgan fingerprint density at radius 3 is 2.63 bits per heavy atom. The molecule has 2 aromatic carbocycles. The van der Waals surface area contributed by atoms with Crippen LogP contribution in [0.1, 0.15) is 33.9 Å². The Hall–Kier alpha value is -2.81. The molecule has 6 nitrogen and oxygen atoms in total. The van der Waals surface area contributed by atoms with Gasteiger partial charge < -0.3 is 5.32 Å². The Labute approximate surface area is 180 Å². The van der Waals surface area contributed by atoms with Gasteiger partial charge in [0.05, 0.1) is 16.6 Å². The summed E-state index contributed by atoms with van der Waals surface area (Å²) in [6.45, 7) is 7.51. The van der Waals surface area contributed by atoms with Gasteiger partial charge in [-0.25, -0.2) is 18.1 Å². The molecule has 0 fully saturated rings. The van der Waals surface area contributed by atoms with Crippen LogP contribution in [0.5, 0.6) is 0 Å². The summed E-state index contributed by atoms with van der Waals surface area (Å²) in [6, 6.07) is 15.2. The first-order valence-electron chi connectivity index (χ1n) is 9.36. The molecule has 156 valence electrons. The topological polar surface area (TPSA) is 88.2 Å². The number of hydrogen-bond donors (Lipinski definition) is 2. The van der Waals surface area contributed by atoms with Crippen LogP contribution in [0.4, 0.5) is 0 Å². The number of hydrogen-bond acceptors (Lipinski definition) is 5. The van der Waals surface area contributed by atoms with Crippen LogP contribution >= 0.6 is 11.3 Å². The number of nitrogens with zero attached hydrogens (tertiary/aromatic N) is 1. The summed E-state index contributed by atoms with van der Waals surface area (Å²) in [6.07, 6.45) is 1.56. The summed E-state index contributed by atoms with van der Waals surface area (Å²) in [5, 5.41) is 3.48. The maximum atomic E-state index is 12.9. The molecule has 1 unspecified atom stereocenters. The zero-order valence-corrected chi connectivity index (χ0v) is 18.4. The molecule has 1 atom stereocenters. The van der Waals surface area contributed by atoms with Crippen molar-refractivity contribution in [1.82, 2.24) is 15.0 Å². The number of aromatic nitrogens is 1. The Morgan fingerprint density at radius 1 is 1.20 bits per heavy atom. The summed E-state index contributed by atoms with van der Waals surface area (Å²) in [5.41, 5.74) is 2.05. The minimum atomic E-state index is -3.83. The van der Waals surface area contributed by atoms with Crippen LogP contribution in [0.2, 0.25) is 0 Å². The maximum absolute atomic E-state index is 12.9. The van der Waals surface area contributed by atoms with Gasteiger partial charge in [-0.15, -0.1) is 17.9 Å². The summed E-state index contributed by atoms with van der Waals surface area (Å²) in [7, 11) is -3.83. The number of benzene rings is 2. The minimum Gasteiger partial charge on any atom is -0.349 e. The molecule has 3 aromatic rings. The molecule has 0 radical (unpaired) electrons. The zero-order chi connectivity index (χ0) is 21.7. The van der Waals surface area contributed by atoms with Crippen molar-refractivity contribution in [2.45, 2.75) is 24.8 Å². The van der Waals surface area contributed by atoms with E-state index in [1.54, 1.807) is 25.1 Å². The van der Waals surface area contributed by atoms with Gasteiger partial charge in [-0.1, -0.05) is 42.5 Å². The van der Waals surface area contributed by atoms with Crippen molar-refractivity contribution in [2.75, 3.05) is 6.54 Å². The molecule has 1 aromatic heterocycles. The number of rotatable bonds is 8. The summed E-state index contributed by atoms with van der Waals surface area (Å²) in [4.78, 5) is 17.6. The van der Waals surface area contributed by atoms with Gasteiger partial charge in [0.2, 0.25) is 10.0 Å². The van der Waals surface area contributed by atoms with Crippen molar-refractivity contribution in [2.24, 2.45) is 0 Å². The number of sulfonamides is 1. The van der Waals surface area contributed by atoms with E-state index in [1.807, 2.05) is 37.3 Å². The van der Waals surface area contributed by atoms with E-state index < -0.39 is 16.1 Å². The predicted octanol–water partition coefficient (Wildman–Crippen LogP) is 4.07. The van der Waals surface area contributed by atoms with Crippen molar-refractivity contribution >= 4 is 27.3 Å². The first-order valence-corrected chi connectivity index (χ1v) is 11.7. The molecule has 0 aliphatic rings. The Morgan fingerprint density at radius 2 is 1.93 bits per heavy atom. The first-order chi connectivity index (χ1) is 14.3. The fourth-order valence-corrected chi connectivity index (χ4v) is 5.35. The standard InChI is InChI=1S/C22H23N3O3S2/c1-4-13-23-21(26)18-11-8-12-19(14-18)30(27,28)25-16(3)20-15(2)24-22(29-20)17-9-6-5-7-10-17/h4-12,14,16,25H,1,13H2,2-3H3,(H,23,26). The van der Waals surface area contributed by atoms with Crippen molar-refractivity contribution in [3.8, 4) is 10.6 Å². The molecule has 0 aliphatic carbocycles. The van der Waals surface area contributed by atoms with E-state index in [2.05, 4.69) is 21.6 Å². The zero-order valence-electron chi connectivity index (χ0n) is 16.8. The average molecular weight is 442 g/mol. The number of amides is 1. The normalized spacial score (nSPS) is 12.3. The fourth-order valence-electron chi connectivity index (χ4n) is 2.94. The lowest BCUT2D eigenvalue weighted by atomic mass is 10.2. The lowest BCUT2D eigenvalue weighted by molar-refractivity contribution is 0.0958. The van der Waals surface area contributed by atoms with Crippen LogP contribution in [-0.2, 0) is 10.0 Å². The second kappa shape index (κ2) is 9.34. The highest BCUT2D eigenvalue weighted by Gasteiger charge is 2.23. The minimum absolute atomic E-state index is 0.0334. The number of thiazole rings is 1. The molecule has 3 rings (SSSR count). The molecule has 0 saturated carbocycles. The largest absolute Gasteiger partial charge is 0.349 e. The predicted molar refractivity (Wildman–Crippen MR) is 120 cm³/mol. The lowest BCUT2D eigenvalue weighted by Crippen LogP contribution is -2.27. The Bertz CT molecular complexity index is 1160. The van der Waals surface area contributed by atoms with Crippen LogP contribution in [0, 0.1) is 6.92 Å². The van der Waals surface area contributed by atoms with Gasteiger partial charge >= 0.3 is 0 Å². The van der Waals surface area contributed by atoms with Crippen molar-refractivity contribution in [3.05, 3.63) is 83.4 Å². The third-order valence-corrected chi connectivity index (χ3v) is 7.32. The SMILES string of the molecule is C=CCNC(=O)c1cccc(S(=O)(=O)NC(C)c2sc(-c3ccccc3)nc2C)c1. The fraction of sp³-hybridized carbons (Fsp3) is 0.182. The summed E-state index contributed by atoms with van der Waals surface area (Å²) in [5.74, 6) is -0.356. The molecule has 0 bridgehead atoms. The summed E-state index contributed by atoms with van der Waals surface area (Å²) < 4.78 is 28.5. The van der Waals surface area contributed by atoms with Crippen LogP contribution in [0.3, 0.4) is 0 Å². The lowest BCUT2D eigenvalue weighted by Gasteiger charge is -2.14. The van der Waals surface area contributed by atoms with Gasteiger partial charge in [-0.3, -0.25) is 4.79 Å². The molecule has 1 heterocycles. The molecule has 30 heavy (non-hydrogen) atoms. The van der Waals surface area contributed by atoms with Gasteiger partial charge in [-0.2, -0.15) is 0 Å². The van der Waals surface area contributed by atoms with E-state index in [9.17, 15) is 13.2 Å². The second-order valence-corrected chi connectivity index (χ2v) is 9.45. The van der Waals surface area contributed by atoms with E-state index in [0.717, 1.165) is 21.1 Å². The van der Waals surface area contributed by atoms with E-state index in [4.69, 9.17) is 0 Å². The van der Waals surface area contributed by atoms with Gasteiger partial charge in [0, 0.05) is 22.5 Å². The first kappa shape index (κ1) is 21.9. The van der Waals surface area contributed by atoms with E-state index in [1.165, 1.54) is 23.5 Å². The molecule has 0 aliphatic heterocycles. The smallest absolute Gasteiger partial charge is 0.251 e. The third kappa shape index (κ3) is 5.02. The molecule has 1 amide bonds. The van der Waals surface area contributed by atoms with Crippen LogP contribution < -0.4 is 10.0 Å². The average Bonchev–Trinajstić information content (AvgIpc) is 3.14. The summed E-state index contributed by atoms with van der Waals surface area (Å²) >= 11 is 1.46. The van der Waals surface area contributed by atoms with Crippen molar-refractivity contribution in [3.63, 3.8) is 0 Å². The maximum Gasteiger partial charge on any atom is 0.251 e. The van der Waals surface area contributed by atoms with Crippen LogP contribution in [-0.4, -0.2) is 25.9 Å². The van der Waals surface area contributed by atoms with Gasteiger partial charge in [-0.05, 0) is 32.0 Å². The number of nitrogens with one attached hydrogen (secondary N) is 2. The highest BCUT2D eigenvalue weighted by Crippen LogP contribution is 2.32. The van der Waals surface area contributed by atoms with E-state index >= 15 is 0 Å². The molecule has 0 spiro atoms. The quantitative estimate of drug-likeness (QED) is 0.516. The Kier molecular flexibility index (Phi) is 6.81. The van der Waals surface area contributed by atoms with Crippen molar-refractivity contribution < 1.29 is 13.2 Å². The third-order valence-electron chi connectivity index (χ3n) is 4.39.